The van der Waals surface area contributed by atoms with Crippen LogP contribution in [0.25, 0.3) is 0 Å². The molecule has 0 aliphatic carbocycles. The molecule has 0 saturated carbocycles. The largest absolute Gasteiger partial charge is 0.495 e. The second-order valence-corrected chi connectivity index (χ2v) is 8.70. The van der Waals surface area contributed by atoms with Gasteiger partial charge in [-0.2, -0.15) is 0 Å². The number of methoxy groups -OCH3 is 1. The highest BCUT2D eigenvalue weighted by Gasteiger charge is 2.21. The third kappa shape index (κ3) is 6.11. The molecule has 0 bridgehead atoms. The number of benzene rings is 2. The first-order chi connectivity index (χ1) is 16.4. The molecule has 0 atom stereocenters. The van der Waals surface area contributed by atoms with Crippen molar-refractivity contribution in [3.05, 3.63) is 81.5 Å². The molecule has 1 aromatic heterocycles. The van der Waals surface area contributed by atoms with E-state index in [1.54, 1.807) is 68.8 Å². The summed E-state index contributed by atoms with van der Waals surface area (Å²) in [4.78, 5) is 34.6. The molecule has 0 aliphatic rings. The van der Waals surface area contributed by atoms with E-state index in [0.717, 1.165) is 15.6 Å². The SMILES string of the molecule is C/N=C(/NC)c1ccc(C(=O)Nc2c(OC)cc(CI)cc2C(=O)Nc2ccc(Br)cn2)cc1. The number of hydrogen-bond donors (Lipinski definition) is 3. The van der Waals surface area contributed by atoms with Crippen molar-refractivity contribution in [3.63, 3.8) is 0 Å². The van der Waals surface area contributed by atoms with E-state index in [2.05, 4.69) is 64.4 Å². The highest BCUT2D eigenvalue weighted by Crippen LogP contribution is 2.32. The number of pyridine rings is 1. The third-order valence-electron chi connectivity index (χ3n) is 4.87. The quantitative estimate of drug-likeness (QED) is 0.148. The fraction of sp³-hybridized carbons (Fsp3) is 0.167. The molecule has 34 heavy (non-hydrogen) atoms. The number of nitrogens with zero attached hydrogens (tertiary/aromatic N) is 2. The molecule has 1 heterocycles. The number of aromatic nitrogens is 1. The van der Waals surface area contributed by atoms with Crippen LogP contribution >= 0.6 is 38.5 Å². The number of aliphatic imine (C=N–C) groups is 1. The van der Waals surface area contributed by atoms with Crippen molar-refractivity contribution in [1.29, 1.82) is 0 Å². The number of anilines is 2. The lowest BCUT2D eigenvalue weighted by molar-refractivity contribution is 0.102. The Hall–Kier alpha value is -2.99. The Kier molecular flexibility index (Phi) is 8.99. The Morgan fingerprint density at radius 2 is 1.76 bits per heavy atom. The van der Waals surface area contributed by atoms with Crippen molar-refractivity contribution in [2.75, 3.05) is 31.8 Å². The first-order valence-corrected chi connectivity index (χ1v) is 12.5. The maximum absolute atomic E-state index is 13.2. The molecule has 0 radical (unpaired) electrons. The van der Waals surface area contributed by atoms with E-state index in [4.69, 9.17) is 4.74 Å². The van der Waals surface area contributed by atoms with E-state index in [9.17, 15) is 9.59 Å². The number of ether oxygens (including phenoxy) is 1. The average molecular weight is 636 g/mol. The number of hydrogen-bond acceptors (Lipinski definition) is 5. The maximum atomic E-state index is 13.2. The summed E-state index contributed by atoms with van der Waals surface area (Å²) in [5.74, 6) is 0.704. The molecule has 10 heteroatoms. The fourth-order valence-electron chi connectivity index (χ4n) is 3.20. The Morgan fingerprint density at radius 1 is 1.06 bits per heavy atom. The average Bonchev–Trinajstić information content (AvgIpc) is 2.86. The van der Waals surface area contributed by atoms with Crippen molar-refractivity contribution < 1.29 is 14.3 Å². The molecule has 2 aromatic carbocycles. The molecule has 176 valence electrons. The van der Waals surface area contributed by atoms with Gasteiger partial charge in [0.05, 0.1) is 18.4 Å². The lowest BCUT2D eigenvalue weighted by Crippen LogP contribution is -2.21. The topological polar surface area (TPSA) is 105 Å². The first-order valence-electron chi connectivity index (χ1n) is 10.2. The van der Waals surface area contributed by atoms with Crippen LogP contribution in [0.2, 0.25) is 0 Å². The minimum absolute atomic E-state index is 0.274. The Balaban J connectivity index is 1.93. The van der Waals surface area contributed by atoms with Crippen molar-refractivity contribution in [2.45, 2.75) is 4.43 Å². The number of alkyl halides is 1. The van der Waals surface area contributed by atoms with Crippen LogP contribution in [0.4, 0.5) is 11.5 Å². The molecule has 0 spiro atoms. The molecule has 2 amide bonds. The van der Waals surface area contributed by atoms with Gasteiger partial charge in [0, 0.05) is 40.3 Å². The van der Waals surface area contributed by atoms with Gasteiger partial charge in [-0.25, -0.2) is 4.98 Å². The predicted octanol–water partition coefficient (Wildman–Crippen LogP) is 4.89. The highest BCUT2D eigenvalue weighted by molar-refractivity contribution is 14.1. The van der Waals surface area contributed by atoms with Gasteiger partial charge in [-0.05, 0) is 57.9 Å². The molecular weight excluding hydrogens is 613 g/mol. The van der Waals surface area contributed by atoms with Gasteiger partial charge in [-0.3, -0.25) is 14.6 Å². The summed E-state index contributed by atoms with van der Waals surface area (Å²) in [6.07, 6.45) is 1.59. The van der Waals surface area contributed by atoms with Crippen LogP contribution in [0.3, 0.4) is 0 Å². The zero-order chi connectivity index (χ0) is 24.7. The first kappa shape index (κ1) is 25.6. The Bertz CT molecular complexity index is 1210. The maximum Gasteiger partial charge on any atom is 0.259 e. The smallest absolute Gasteiger partial charge is 0.259 e. The fourth-order valence-corrected chi connectivity index (χ4v) is 3.88. The molecule has 3 rings (SSSR count). The number of halogens is 2. The van der Waals surface area contributed by atoms with Gasteiger partial charge in [0.1, 0.15) is 17.4 Å². The Morgan fingerprint density at radius 3 is 2.32 bits per heavy atom. The minimum atomic E-state index is -0.414. The number of carbonyl (C=O) groups is 2. The molecule has 0 aliphatic heterocycles. The van der Waals surface area contributed by atoms with Crippen LogP contribution < -0.4 is 20.7 Å². The van der Waals surface area contributed by atoms with Crippen molar-refractivity contribution in [2.24, 2.45) is 4.99 Å². The second kappa shape index (κ2) is 11.9. The van der Waals surface area contributed by atoms with Crippen LogP contribution in [0.1, 0.15) is 31.8 Å². The van der Waals surface area contributed by atoms with Gasteiger partial charge < -0.3 is 20.7 Å². The lowest BCUT2D eigenvalue weighted by Gasteiger charge is -2.17. The van der Waals surface area contributed by atoms with E-state index in [1.807, 2.05) is 0 Å². The summed E-state index contributed by atoms with van der Waals surface area (Å²) in [6, 6.07) is 14.0. The predicted molar refractivity (Wildman–Crippen MR) is 147 cm³/mol. The van der Waals surface area contributed by atoms with Gasteiger partial charge in [0.25, 0.3) is 11.8 Å². The summed E-state index contributed by atoms with van der Waals surface area (Å²) >= 11 is 5.53. The van der Waals surface area contributed by atoms with E-state index >= 15 is 0 Å². The standard InChI is InChI=1S/C24H23BrIN5O3/c1-27-22(28-2)15-4-6-16(7-5-15)23(32)31-21-18(10-14(12-26)11-19(21)34-3)24(33)30-20-9-8-17(25)13-29-20/h4-11,13H,12H2,1-3H3,(H,27,28)(H,31,32)(H,29,30,33). The zero-order valence-electron chi connectivity index (χ0n) is 18.8. The molecule has 0 unspecified atom stereocenters. The number of nitrogens with one attached hydrogen (secondary N) is 3. The number of carbonyl (C=O) groups excluding carboxylic acids is 2. The summed E-state index contributed by atoms with van der Waals surface area (Å²) in [5, 5.41) is 8.63. The van der Waals surface area contributed by atoms with Gasteiger partial charge in [-0.15, -0.1) is 0 Å². The van der Waals surface area contributed by atoms with Gasteiger partial charge in [-0.1, -0.05) is 34.7 Å². The molecule has 0 saturated heterocycles. The highest BCUT2D eigenvalue weighted by atomic mass is 127. The van der Waals surface area contributed by atoms with Crippen molar-refractivity contribution in [3.8, 4) is 5.75 Å². The molecule has 3 N–H and O–H groups in total. The second-order valence-electron chi connectivity index (χ2n) is 7.02. The van der Waals surface area contributed by atoms with E-state index in [-0.39, 0.29) is 17.2 Å². The summed E-state index contributed by atoms with van der Waals surface area (Å²) < 4.78 is 6.97. The van der Waals surface area contributed by atoms with Crippen LogP contribution in [0, 0.1) is 0 Å². The van der Waals surface area contributed by atoms with Crippen molar-refractivity contribution >= 4 is 67.7 Å². The monoisotopic (exact) mass is 635 g/mol. The number of amides is 2. The van der Waals surface area contributed by atoms with Crippen LogP contribution in [-0.4, -0.2) is 43.8 Å². The summed E-state index contributed by atoms with van der Waals surface area (Å²) in [5.41, 5.74) is 2.72. The number of rotatable bonds is 7. The van der Waals surface area contributed by atoms with Crippen LogP contribution in [0.5, 0.6) is 5.75 Å². The van der Waals surface area contributed by atoms with Crippen LogP contribution in [-0.2, 0) is 4.43 Å². The molecule has 8 nitrogen and oxygen atoms in total. The Labute approximate surface area is 219 Å². The molecule has 3 aromatic rings. The summed E-state index contributed by atoms with van der Waals surface area (Å²) in [7, 11) is 4.97. The number of amidine groups is 1. The van der Waals surface area contributed by atoms with Gasteiger partial charge in [0.2, 0.25) is 0 Å². The lowest BCUT2D eigenvalue weighted by atomic mass is 10.1. The molecular formula is C24H23BrIN5O3. The van der Waals surface area contributed by atoms with Crippen LogP contribution in [0.15, 0.2) is 64.2 Å². The van der Waals surface area contributed by atoms with E-state index in [0.29, 0.717) is 27.4 Å². The van der Waals surface area contributed by atoms with E-state index < -0.39 is 5.91 Å². The normalized spacial score (nSPS) is 11.0. The molecule has 0 fully saturated rings. The van der Waals surface area contributed by atoms with Gasteiger partial charge >= 0.3 is 0 Å². The van der Waals surface area contributed by atoms with Gasteiger partial charge in [0.15, 0.2) is 0 Å². The minimum Gasteiger partial charge on any atom is -0.495 e. The van der Waals surface area contributed by atoms with Crippen molar-refractivity contribution in [1.82, 2.24) is 10.3 Å². The van der Waals surface area contributed by atoms with E-state index in [1.165, 1.54) is 7.11 Å². The third-order valence-corrected chi connectivity index (χ3v) is 6.22. The summed E-state index contributed by atoms with van der Waals surface area (Å²) in [6.45, 7) is 0. The zero-order valence-corrected chi connectivity index (χ0v) is 22.5.